The van der Waals surface area contributed by atoms with Crippen LogP contribution in [0.2, 0.25) is 0 Å². The van der Waals surface area contributed by atoms with Crippen molar-refractivity contribution in [2.75, 3.05) is 38.7 Å². The molecular weight excluding hydrogens is 555 g/mol. The minimum Gasteiger partial charge on any atom is -0.489 e. The number of nitrogens with one attached hydrogen (secondary N) is 1. The smallest absolute Gasteiger partial charge is 0.417 e. The van der Waals surface area contributed by atoms with E-state index < -0.39 is 58.9 Å². The van der Waals surface area contributed by atoms with E-state index in [2.05, 4.69) is 10.3 Å². The molecule has 2 aliphatic heterocycles. The lowest BCUT2D eigenvalue weighted by molar-refractivity contribution is -0.272. The van der Waals surface area contributed by atoms with Crippen LogP contribution in [0.25, 0.3) is 0 Å². The molecule has 2 fully saturated rings. The van der Waals surface area contributed by atoms with Gasteiger partial charge in [0.15, 0.2) is 17.2 Å². The van der Waals surface area contributed by atoms with Gasteiger partial charge in [-0.1, -0.05) is 13.0 Å². The van der Waals surface area contributed by atoms with E-state index in [0.717, 1.165) is 25.1 Å². The van der Waals surface area contributed by atoms with Crippen LogP contribution in [0.4, 0.5) is 27.6 Å². The minimum atomic E-state index is -4.92. The van der Waals surface area contributed by atoms with Gasteiger partial charge in [0.1, 0.15) is 18.4 Å². The van der Waals surface area contributed by atoms with E-state index in [1.165, 1.54) is 19.2 Å². The molecule has 41 heavy (non-hydrogen) atoms. The Balaban J connectivity index is 1.66. The molecule has 1 aromatic carbocycles. The van der Waals surface area contributed by atoms with Crippen molar-refractivity contribution < 1.29 is 45.8 Å². The number of aromatic nitrogens is 1. The fourth-order valence-corrected chi connectivity index (χ4v) is 5.30. The van der Waals surface area contributed by atoms with Crippen LogP contribution in [0.3, 0.4) is 0 Å². The number of methoxy groups -OCH3 is 1. The van der Waals surface area contributed by atoms with Gasteiger partial charge in [0, 0.05) is 56.0 Å². The number of anilines is 1. The van der Waals surface area contributed by atoms with Crippen LogP contribution < -0.4 is 15.8 Å². The second kappa shape index (κ2) is 11.1. The van der Waals surface area contributed by atoms with Gasteiger partial charge in [-0.15, -0.1) is 0 Å². The zero-order valence-electron chi connectivity index (χ0n) is 22.9. The van der Waals surface area contributed by atoms with E-state index in [4.69, 9.17) is 19.9 Å². The number of nitrogens with zero attached hydrogens (tertiary/aromatic N) is 2. The predicted octanol–water partition coefficient (Wildman–Crippen LogP) is 3.64. The fraction of sp³-hybridized carbons (Fsp3) is 0.519. The van der Waals surface area contributed by atoms with Crippen molar-refractivity contribution in [1.82, 2.24) is 9.88 Å². The van der Waals surface area contributed by atoms with Crippen LogP contribution >= 0.6 is 0 Å². The van der Waals surface area contributed by atoms with Crippen molar-refractivity contribution in [3.63, 3.8) is 0 Å². The highest BCUT2D eigenvalue weighted by Crippen LogP contribution is 2.55. The number of alkyl halides is 3. The average molecular weight is 587 g/mol. The maximum absolute atomic E-state index is 15.1. The van der Waals surface area contributed by atoms with Gasteiger partial charge >= 0.3 is 6.18 Å². The van der Waals surface area contributed by atoms with E-state index >= 15 is 4.39 Å². The monoisotopic (exact) mass is 586 g/mol. The van der Waals surface area contributed by atoms with Gasteiger partial charge in [-0.25, -0.2) is 4.39 Å². The maximum Gasteiger partial charge on any atom is 0.417 e. The van der Waals surface area contributed by atoms with E-state index in [1.54, 1.807) is 7.11 Å². The summed E-state index contributed by atoms with van der Waals surface area (Å²) >= 11 is 0. The lowest BCUT2D eigenvalue weighted by Crippen LogP contribution is -2.61. The van der Waals surface area contributed by atoms with E-state index in [0.29, 0.717) is 19.6 Å². The number of hydrogen-bond acceptors (Lipinski definition) is 7. The molecule has 2 aliphatic rings. The fourth-order valence-electron chi connectivity index (χ4n) is 5.30. The Morgan fingerprint density at radius 1 is 1.22 bits per heavy atom. The first kappa shape index (κ1) is 30.6. The summed E-state index contributed by atoms with van der Waals surface area (Å²) in [6, 6.07) is 4.32. The zero-order chi connectivity index (χ0) is 30.3. The predicted molar refractivity (Wildman–Crippen MR) is 136 cm³/mol. The number of carbonyl (C=O) groups is 2. The summed E-state index contributed by atoms with van der Waals surface area (Å²) in [6.45, 7) is 5.32. The van der Waals surface area contributed by atoms with Crippen molar-refractivity contribution in [3.05, 3.63) is 53.4 Å². The molecule has 4 rings (SSSR count). The summed E-state index contributed by atoms with van der Waals surface area (Å²) in [4.78, 5) is 30.6. The molecule has 0 saturated carbocycles. The summed E-state index contributed by atoms with van der Waals surface area (Å²) in [5.74, 6) is -7.97. The SMILES string of the molecule is COC1(C)CN(CCOc2c([C@H]3[C@H](C(=O)Nc4ccnc(C(N)=O)c4)O[C@@](C)(C(F)(F)F)[C@H]3C)ccc(F)c2F)C1. The standard InChI is InChI=1S/C27H31F5N4O5/c1-14-19(16-5-6-17(28)20(29)21(16)40-10-9-36-12-25(2,13-36)39-4)22(41-26(14,3)27(30,31)32)24(38)35-15-7-8-34-18(11-15)23(33)37/h5-8,11,14,19,22H,9-10,12-13H2,1-4H3,(H2,33,37)(H,34,35,38)/t14-,19-,22+,26+/m0/s1. The maximum atomic E-state index is 15.1. The summed E-state index contributed by atoms with van der Waals surface area (Å²) in [7, 11) is 1.58. The van der Waals surface area contributed by atoms with Crippen LogP contribution in [0.15, 0.2) is 30.5 Å². The molecule has 2 aromatic rings. The van der Waals surface area contributed by atoms with Crippen molar-refractivity contribution in [3.8, 4) is 5.75 Å². The number of primary amides is 1. The average Bonchev–Trinajstić information content (AvgIpc) is 3.17. The molecule has 3 heterocycles. The first-order chi connectivity index (χ1) is 19.1. The first-order valence-electron chi connectivity index (χ1n) is 12.8. The van der Waals surface area contributed by atoms with Gasteiger partial charge in [0.2, 0.25) is 5.82 Å². The second-order valence-corrected chi connectivity index (χ2v) is 10.7. The summed E-state index contributed by atoms with van der Waals surface area (Å²) in [6.07, 6.45) is -5.53. The molecule has 0 aliphatic carbocycles. The Labute approximate surface area is 233 Å². The Bertz CT molecular complexity index is 1320. The molecule has 0 bridgehead atoms. The Hall–Kier alpha value is -3.36. The molecule has 3 N–H and O–H groups in total. The van der Waals surface area contributed by atoms with Gasteiger partial charge in [0.25, 0.3) is 11.8 Å². The lowest BCUT2D eigenvalue weighted by atomic mass is 9.77. The number of hydrogen-bond donors (Lipinski definition) is 2. The van der Waals surface area contributed by atoms with E-state index in [1.807, 2.05) is 11.8 Å². The zero-order valence-corrected chi connectivity index (χ0v) is 22.9. The molecule has 14 heteroatoms. The van der Waals surface area contributed by atoms with Crippen LogP contribution in [0.5, 0.6) is 5.75 Å². The van der Waals surface area contributed by atoms with Crippen molar-refractivity contribution >= 4 is 17.5 Å². The van der Waals surface area contributed by atoms with Crippen LogP contribution in [-0.4, -0.2) is 78.5 Å². The molecule has 0 radical (unpaired) electrons. The third kappa shape index (κ3) is 5.86. The number of likely N-dealkylation sites (tertiary alicyclic amines) is 1. The highest BCUT2D eigenvalue weighted by atomic mass is 19.4. The van der Waals surface area contributed by atoms with E-state index in [9.17, 15) is 27.2 Å². The number of carbonyl (C=O) groups excluding carboxylic acids is 2. The van der Waals surface area contributed by atoms with Crippen LogP contribution in [0, 0.1) is 17.6 Å². The summed E-state index contributed by atoms with van der Waals surface area (Å²) in [5.41, 5.74) is 1.75. The second-order valence-electron chi connectivity index (χ2n) is 10.7. The van der Waals surface area contributed by atoms with Crippen molar-refractivity contribution in [2.45, 2.75) is 50.2 Å². The van der Waals surface area contributed by atoms with Crippen molar-refractivity contribution in [2.24, 2.45) is 11.7 Å². The normalized spacial score (nSPS) is 25.9. The number of benzene rings is 1. The number of halogens is 5. The molecule has 4 atom stereocenters. The number of rotatable bonds is 9. The molecule has 2 saturated heterocycles. The molecule has 0 unspecified atom stereocenters. The molecule has 1 aromatic heterocycles. The van der Waals surface area contributed by atoms with Gasteiger partial charge in [-0.2, -0.15) is 17.6 Å². The summed E-state index contributed by atoms with van der Waals surface area (Å²) < 4.78 is 88.6. The topological polar surface area (TPSA) is 116 Å². The first-order valence-corrected chi connectivity index (χ1v) is 12.8. The van der Waals surface area contributed by atoms with E-state index in [-0.39, 0.29) is 29.2 Å². The Morgan fingerprint density at radius 2 is 1.90 bits per heavy atom. The number of amides is 2. The Morgan fingerprint density at radius 3 is 2.51 bits per heavy atom. The van der Waals surface area contributed by atoms with Crippen LogP contribution in [0.1, 0.15) is 42.7 Å². The van der Waals surface area contributed by atoms with Gasteiger partial charge in [0.05, 0.1) is 5.60 Å². The molecule has 0 spiro atoms. The number of ether oxygens (including phenoxy) is 3. The third-order valence-corrected chi connectivity index (χ3v) is 7.91. The largest absolute Gasteiger partial charge is 0.489 e. The van der Waals surface area contributed by atoms with Gasteiger partial charge in [-0.05, 0) is 32.0 Å². The third-order valence-electron chi connectivity index (χ3n) is 7.91. The molecule has 9 nitrogen and oxygen atoms in total. The minimum absolute atomic E-state index is 0.0220. The number of pyridine rings is 1. The molecule has 224 valence electrons. The Kier molecular flexibility index (Phi) is 8.31. The molecule has 2 amide bonds. The van der Waals surface area contributed by atoms with Gasteiger partial charge in [-0.3, -0.25) is 19.5 Å². The molecular formula is C27H31F5N4O5. The van der Waals surface area contributed by atoms with Crippen LogP contribution in [-0.2, 0) is 14.3 Å². The van der Waals surface area contributed by atoms with Gasteiger partial charge < -0.3 is 25.3 Å². The quantitative estimate of drug-likeness (QED) is 0.431. The summed E-state index contributed by atoms with van der Waals surface area (Å²) in [5, 5.41) is 2.41. The highest BCUT2D eigenvalue weighted by Gasteiger charge is 2.66. The highest BCUT2D eigenvalue weighted by molar-refractivity contribution is 5.97. The lowest BCUT2D eigenvalue weighted by Gasteiger charge is -2.46. The number of nitrogens with two attached hydrogens (primary N) is 1. The van der Waals surface area contributed by atoms with Crippen molar-refractivity contribution in [1.29, 1.82) is 0 Å².